The first kappa shape index (κ1) is 13.4. The van der Waals surface area contributed by atoms with Crippen molar-refractivity contribution in [1.29, 1.82) is 0 Å². The van der Waals surface area contributed by atoms with Crippen LogP contribution in [0.5, 0.6) is 0 Å². The lowest BCUT2D eigenvalue weighted by Gasteiger charge is -2.07. The van der Waals surface area contributed by atoms with Crippen molar-refractivity contribution >= 4 is 23.3 Å². The number of carbonyl (C=O) groups is 1. The maximum atomic E-state index is 11.6. The second-order valence-electron chi connectivity index (χ2n) is 4.00. The Kier molecular flexibility index (Phi) is 4.75. The van der Waals surface area contributed by atoms with E-state index in [1.807, 2.05) is 12.1 Å². The number of nitrogens with zero attached hydrogens (tertiary/aromatic N) is 1. The van der Waals surface area contributed by atoms with Crippen LogP contribution >= 0.6 is 11.6 Å². The first-order valence-corrected chi connectivity index (χ1v) is 6.31. The Bertz CT molecular complexity index is 545. The van der Waals surface area contributed by atoms with E-state index >= 15 is 0 Å². The van der Waals surface area contributed by atoms with Crippen molar-refractivity contribution in [2.24, 2.45) is 0 Å². The molecule has 0 aliphatic heterocycles. The molecule has 0 aliphatic rings. The zero-order valence-electron chi connectivity index (χ0n) is 10.3. The van der Waals surface area contributed by atoms with Crippen LogP contribution in [0.2, 0.25) is 5.02 Å². The molecule has 0 saturated carbocycles. The molecule has 1 heterocycles. The molecule has 0 saturated heterocycles. The molecule has 2 rings (SSSR count). The fraction of sp³-hybridized carbons (Fsp3) is 0.143. The number of aromatic nitrogens is 1. The van der Waals surface area contributed by atoms with Gasteiger partial charge in [0.2, 0.25) is 0 Å². The van der Waals surface area contributed by atoms with E-state index < -0.39 is 0 Å². The van der Waals surface area contributed by atoms with Crippen LogP contribution in [0.15, 0.2) is 48.8 Å². The lowest BCUT2D eigenvalue weighted by Crippen LogP contribution is -2.30. The highest BCUT2D eigenvalue weighted by atomic mass is 35.5. The summed E-state index contributed by atoms with van der Waals surface area (Å²) in [5.41, 5.74) is 1.76. The molecule has 98 valence electrons. The molecular formula is C14H14ClN3O. The van der Waals surface area contributed by atoms with Gasteiger partial charge in [-0.2, -0.15) is 0 Å². The van der Waals surface area contributed by atoms with Crippen LogP contribution in [0.3, 0.4) is 0 Å². The zero-order chi connectivity index (χ0) is 13.5. The Balaban J connectivity index is 1.76. The van der Waals surface area contributed by atoms with Crippen molar-refractivity contribution in [1.82, 2.24) is 10.3 Å². The summed E-state index contributed by atoms with van der Waals surface area (Å²) < 4.78 is 0. The number of halogens is 1. The Morgan fingerprint density at radius 2 is 2.16 bits per heavy atom. The van der Waals surface area contributed by atoms with Gasteiger partial charge in [0.1, 0.15) is 0 Å². The molecule has 1 aromatic carbocycles. The van der Waals surface area contributed by atoms with Gasteiger partial charge in [-0.3, -0.25) is 4.98 Å². The molecule has 4 nitrogen and oxygen atoms in total. The van der Waals surface area contributed by atoms with Crippen molar-refractivity contribution < 1.29 is 4.79 Å². The molecule has 1 aromatic heterocycles. The lowest BCUT2D eigenvalue weighted by molar-refractivity contribution is 0.252. The second-order valence-corrected chi connectivity index (χ2v) is 4.44. The number of hydrogen-bond donors (Lipinski definition) is 2. The third-order valence-corrected chi connectivity index (χ3v) is 2.74. The first-order valence-electron chi connectivity index (χ1n) is 5.93. The van der Waals surface area contributed by atoms with E-state index in [0.29, 0.717) is 17.3 Å². The molecular weight excluding hydrogens is 262 g/mol. The van der Waals surface area contributed by atoms with Crippen molar-refractivity contribution in [2.75, 3.05) is 11.9 Å². The van der Waals surface area contributed by atoms with Gasteiger partial charge in [0.05, 0.1) is 0 Å². The molecule has 0 bridgehead atoms. The summed E-state index contributed by atoms with van der Waals surface area (Å²) in [6.45, 7) is 0.554. The van der Waals surface area contributed by atoms with Crippen LogP contribution in [-0.4, -0.2) is 17.6 Å². The SMILES string of the molecule is O=C(NCCc1cccnc1)Nc1cccc(Cl)c1. The maximum Gasteiger partial charge on any atom is 0.319 e. The van der Waals surface area contributed by atoms with E-state index in [9.17, 15) is 4.79 Å². The average Bonchev–Trinajstić information content (AvgIpc) is 2.40. The maximum absolute atomic E-state index is 11.6. The Hall–Kier alpha value is -2.07. The highest BCUT2D eigenvalue weighted by molar-refractivity contribution is 6.30. The molecule has 19 heavy (non-hydrogen) atoms. The number of rotatable bonds is 4. The van der Waals surface area contributed by atoms with Gasteiger partial charge < -0.3 is 10.6 Å². The summed E-state index contributed by atoms with van der Waals surface area (Å²) in [6.07, 6.45) is 4.26. The largest absolute Gasteiger partial charge is 0.338 e. The third-order valence-electron chi connectivity index (χ3n) is 2.50. The molecule has 0 aliphatic carbocycles. The summed E-state index contributed by atoms with van der Waals surface area (Å²) in [6, 6.07) is 10.6. The van der Waals surface area contributed by atoms with Gasteiger partial charge in [-0.05, 0) is 36.2 Å². The van der Waals surface area contributed by atoms with Gasteiger partial charge in [0, 0.05) is 29.6 Å². The van der Waals surface area contributed by atoms with E-state index in [1.54, 1.807) is 36.7 Å². The van der Waals surface area contributed by atoms with Crippen molar-refractivity contribution in [3.63, 3.8) is 0 Å². The minimum atomic E-state index is -0.244. The van der Waals surface area contributed by atoms with Crippen LogP contribution in [-0.2, 0) is 6.42 Å². The molecule has 5 heteroatoms. The fourth-order valence-electron chi connectivity index (χ4n) is 1.61. The third kappa shape index (κ3) is 4.60. The smallest absolute Gasteiger partial charge is 0.319 e. The van der Waals surface area contributed by atoms with E-state index in [-0.39, 0.29) is 6.03 Å². The van der Waals surface area contributed by atoms with E-state index in [1.165, 1.54) is 0 Å². The normalized spacial score (nSPS) is 9.95. The van der Waals surface area contributed by atoms with E-state index in [4.69, 9.17) is 11.6 Å². The highest BCUT2D eigenvalue weighted by Crippen LogP contribution is 2.14. The Labute approximate surface area is 116 Å². The number of benzene rings is 1. The molecule has 0 atom stereocenters. The predicted molar refractivity (Wildman–Crippen MR) is 76.4 cm³/mol. The number of hydrogen-bond acceptors (Lipinski definition) is 2. The predicted octanol–water partition coefficient (Wildman–Crippen LogP) is 3.10. The van der Waals surface area contributed by atoms with E-state index in [0.717, 1.165) is 12.0 Å². The Morgan fingerprint density at radius 1 is 1.26 bits per heavy atom. The summed E-state index contributed by atoms with van der Waals surface area (Å²) in [7, 11) is 0. The quantitative estimate of drug-likeness (QED) is 0.901. The molecule has 0 radical (unpaired) electrons. The van der Waals surface area contributed by atoms with Gasteiger partial charge in [-0.15, -0.1) is 0 Å². The lowest BCUT2D eigenvalue weighted by atomic mass is 10.2. The van der Waals surface area contributed by atoms with Gasteiger partial charge in [-0.25, -0.2) is 4.79 Å². The monoisotopic (exact) mass is 275 g/mol. The van der Waals surface area contributed by atoms with Gasteiger partial charge in [0.15, 0.2) is 0 Å². The van der Waals surface area contributed by atoms with Crippen molar-refractivity contribution in [3.05, 3.63) is 59.4 Å². The van der Waals surface area contributed by atoms with Crippen LogP contribution in [0.1, 0.15) is 5.56 Å². The highest BCUT2D eigenvalue weighted by Gasteiger charge is 2.01. The average molecular weight is 276 g/mol. The number of pyridine rings is 1. The van der Waals surface area contributed by atoms with Gasteiger partial charge >= 0.3 is 6.03 Å². The minimum Gasteiger partial charge on any atom is -0.338 e. The van der Waals surface area contributed by atoms with Crippen LogP contribution < -0.4 is 10.6 Å². The van der Waals surface area contributed by atoms with Crippen molar-refractivity contribution in [3.8, 4) is 0 Å². The first-order chi connectivity index (χ1) is 9.24. The number of nitrogens with one attached hydrogen (secondary N) is 2. The van der Waals surface area contributed by atoms with Gasteiger partial charge in [0.25, 0.3) is 0 Å². The van der Waals surface area contributed by atoms with E-state index in [2.05, 4.69) is 15.6 Å². The summed E-state index contributed by atoms with van der Waals surface area (Å²) in [4.78, 5) is 15.6. The Morgan fingerprint density at radius 3 is 2.89 bits per heavy atom. The molecule has 2 N–H and O–H groups in total. The topological polar surface area (TPSA) is 54.0 Å². The minimum absolute atomic E-state index is 0.244. The standard InChI is InChI=1S/C14H14ClN3O/c15-12-4-1-5-13(9-12)18-14(19)17-8-6-11-3-2-7-16-10-11/h1-5,7,9-10H,6,8H2,(H2,17,18,19). The summed E-state index contributed by atoms with van der Waals surface area (Å²) in [5, 5.41) is 6.09. The molecule has 2 aromatic rings. The number of urea groups is 1. The number of amides is 2. The second kappa shape index (κ2) is 6.75. The van der Waals surface area contributed by atoms with Crippen LogP contribution in [0.4, 0.5) is 10.5 Å². The van der Waals surface area contributed by atoms with Crippen LogP contribution in [0, 0.1) is 0 Å². The number of anilines is 1. The van der Waals surface area contributed by atoms with Crippen molar-refractivity contribution in [2.45, 2.75) is 6.42 Å². The summed E-state index contributed by atoms with van der Waals surface area (Å²) in [5.74, 6) is 0. The molecule has 0 unspecified atom stereocenters. The molecule has 2 amide bonds. The van der Waals surface area contributed by atoms with Gasteiger partial charge in [-0.1, -0.05) is 23.7 Å². The molecule has 0 spiro atoms. The van der Waals surface area contributed by atoms with Crippen LogP contribution in [0.25, 0.3) is 0 Å². The zero-order valence-corrected chi connectivity index (χ0v) is 11.0. The molecule has 0 fully saturated rings. The fourth-order valence-corrected chi connectivity index (χ4v) is 1.80. The summed E-state index contributed by atoms with van der Waals surface area (Å²) >= 11 is 5.83. The number of carbonyl (C=O) groups excluding carboxylic acids is 1.